The summed E-state index contributed by atoms with van der Waals surface area (Å²) in [6.45, 7) is 12.3. The van der Waals surface area contributed by atoms with Crippen molar-refractivity contribution in [2.45, 2.75) is 6.61 Å². The highest BCUT2D eigenvalue weighted by Crippen LogP contribution is 2.21. The molecule has 2 aromatic rings. The predicted molar refractivity (Wildman–Crippen MR) is 227 cm³/mol. The van der Waals surface area contributed by atoms with Crippen LogP contribution in [0, 0.1) is 0 Å². The van der Waals surface area contributed by atoms with E-state index in [1.807, 2.05) is 30.3 Å². The third kappa shape index (κ3) is 28.0. The van der Waals surface area contributed by atoms with Gasteiger partial charge in [0.05, 0.1) is 189 Å². The number of nitrogens with zero attached hydrogens (tertiary/aromatic N) is 1. The first-order valence-corrected chi connectivity index (χ1v) is 21.6. The molecule has 0 spiro atoms. The molecule has 0 aromatic heterocycles. The van der Waals surface area contributed by atoms with Crippen molar-refractivity contribution in [2.24, 2.45) is 0 Å². The van der Waals surface area contributed by atoms with Gasteiger partial charge >= 0.3 is 6.09 Å². The Labute approximate surface area is 371 Å². The Morgan fingerprint density at radius 1 is 0.381 bits per heavy atom. The average Bonchev–Trinajstić information content (AvgIpc) is 3.55. The number of imide groups is 1. The Balaban J connectivity index is 0.884. The van der Waals surface area contributed by atoms with Crippen LogP contribution < -0.4 is 5.32 Å². The maximum absolute atomic E-state index is 12.3. The van der Waals surface area contributed by atoms with Gasteiger partial charge in [0, 0.05) is 6.54 Å². The van der Waals surface area contributed by atoms with E-state index in [-0.39, 0.29) is 31.6 Å². The highest BCUT2D eigenvalue weighted by atomic mass is 16.6. The van der Waals surface area contributed by atoms with E-state index in [0.29, 0.717) is 183 Å². The van der Waals surface area contributed by atoms with Crippen molar-refractivity contribution in [3.05, 3.63) is 71.3 Å². The monoisotopic (exact) mass is 896 g/mol. The van der Waals surface area contributed by atoms with E-state index >= 15 is 0 Å². The number of alkyl carbamates (subject to hydrolysis) is 1. The number of rotatable bonds is 44. The van der Waals surface area contributed by atoms with Gasteiger partial charge in [0.2, 0.25) is 0 Å². The third-order valence-corrected chi connectivity index (χ3v) is 8.53. The number of ether oxygens (including phenoxy) is 14. The largest absolute Gasteiger partial charge is 0.445 e. The van der Waals surface area contributed by atoms with Crippen LogP contribution in [0.25, 0.3) is 0 Å². The van der Waals surface area contributed by atoms with Crippen molar-refractivity contribution >= 4 is 17.9 Å². The van der Waals surface area contributed by atoms with Crippen LogP contribution in [0.2, 0.25) is 0 Å². The van der Waals surface area contributed by atoms with Gasteiger partial charge in [-0.2, -0.15) is 0 Å². The second kappa shape index (κ2) is 38.8. The number of carbonyl (C=O) groups is 3. The van der Waals surface area contributed by atoms with Gasteiger partial charge in [-0.15, -0.1) is 0 Å². The molecule has 356 valence electrons. The Kier molecular flexibility index (Phi) is 33.0. The fourth-order valence-corrected chi connectivity index (χ4v) is 5.34. The topological polar surface area (TPSA) is 196 Å². The van der Waals surface area contributed by atoms with E-state index in [1.165, 1.54) is 4.90 Å². The first-order chi connectivity index (χ1) is 31.2. The molecule has 19 nitrogen and oxygen atoms in total. The minimum absolute atomic E-state index is 0.207. The Morgan fingerprint density at radius 3 is 1.00 bits per heavy atom. The average molecular weight is 897 g/mol. The molecule has 0 radical (unpaired) electrons. The van der Waals surface area contributed by atoms with Crippen LogP contribution in [0.1, 0.15) is 26.3 Å². The number of hydrogen-bond donors (Lipinski definition) is 1. The Bertz CT molecular complexity index is 1390. The quantitative estimate of drug-likeness (QED) is 0.0752. The maximum Gasteiger partial charge on any atom is 0.407 e. The minimum Gasteiger partial charge on any atom is -0.445 e. The van der Waals surface area contributed by atoms with Gasteiger partial charge in [-0.25, -0.2) is 4.79 Å². The van der Waals surface area contributed by atoms with Crippen molar-refractivity contribution in [1.82, 2.24) is 10.2 Å². The molecule has 2 aromatic carbocycles. The van der Waals surface area contributed by atoms with Gasteiger partial charge in [-0.3, -0.25) is 14.5 Å². The molecule has 0 atom stereocenters. The maximum atomic E-state index is 12.3. The number of nitrogens with one attached hydrogen (secondary N) is 1. The molecule has 1 aliphatic rings. The van der Waals surface area contributed by atoms with E-state index in [4.69, 9.17) is 66.3 Å². The van der Waals surface area contributed by atoms with Crippen molar-refractivity contribution in [2.75, 3.05) is 185 Å². The number of fused-ring (bicyclic) bond motifs is 1. The van der Waals surface area contributed by atoms with Crippen molar-refractivity contribution in [3.63, 3.8) is 0 Å². The molecule has 3 amide bonds. The molecule has 3 rings (SSSR count). The second-order valence-electron chi connectivity index (χ2n) is 13.3. The van der Waals surface area contributed by atoms with Gasteiger partial charge in [-0.05, 0) is 17.7 Å². The molecule has 19 heteroatoms. The molecule has 0 aliphatic carbocycles. The van der Waals surface area contributed by atoms with Crippen LogP contribution in [-0.4, -0.2) is 208 Å². The zero-order chi connectivity index (χ0) is 44.5. The fourth-order valence-electron chi connectivity index (χ4n) is 5.34. The van der Waals surface area contributed by atoms with Crippen LogP contribution in [-0.2, 0) is 72.9 Å². The lowest BCUT2D eigenvalue weighted by molar-refractivity contribution is -0.0290. The molecule has 0 fully saturated rings. The first kappa shape index (κ1) is 53.7. The van der Waals surface area contributed by atoms with Gasteiger partial charge in [0.25, 0.3) is 11.8 Å². The van der Waals surface area contributed by atoms with Crippen LogP contribution in [0.4, 0.5) is 4.79 Å². The van der Waals surface area contributed by atoms with Crippen LogP contribution in [0.15, 0.2) is 54.6 Å². The van der Waals surface area contributed by atoms with Gasteiger partial charge in [0.1, 0.15) is 6.61 Å². The third-order valence-electron chi connectivity index (χ3n) is 8.53. The Morgan fingerprint density at radius 2 is 0.667 bits per heavy atom. The summed E-state index contributed by atoms with van der Waals surface area (Å²) in [5.41, 5.74) is 1.81. The van der Waals surface area contributed by atoms with Gasteiger partial charge in [0.15, 0.2) is 0 Å². The zero-order valence-corrected chi connectivity index (χ0v) is 36.6. The first-order valence-electron chi connectivity index (χ1n) is 21.6. The molecular formula is C44H68N2O17. The van der Waals surface area contributed by atoms with Crippen LogP contribution in [0.5, 0.6) is 0 Å². The van der Waals surface area contributed by atoms with Crippen LogP contribution in [0.3, 0.4) is 0 Å². The van der Waals surface area contributed by atoms with Crippen molar-refractivity contribution in [3.8, 4) is 0 Å². The molecule has 0 unspecified atom stereocenters. The number of carbonyl (C=O) groups excluding carboxylic acids is 3. The SMILES string of the molecule is O=C(NCCOCCOCCOCCOCCOCCOCCOCCOCCOCCOCCOCCOCCOCCN1C(=O)c2ccccc2C1=O)OCc1ccccc1. The molecule has 63 heavy (non-hydrogen) atoms. The van der Waals surface area contributed by atoms with E-state index in [1.54, 1.807) is 24.3 Å². The van der Waals surface area contributed by atoms with Crippen molar-refractivity contribution in [1.29, 1.82) is 0 Å². The lowest BCUT2D eigenvalue weighted by Crippen LogP contribution is -2.33. The standard InChI is InChI=1S/C44H68N2O17/c47-42-40-8-4-5-9-41(40)43(48)46(42)11-13-51-15-17-53-19-21-55-23-25-57-27-29-59-31-33-61-35-37-62-36-34-60-32-30-58-28-26-56-24-22-54-20-18-52-16-14-50-12-10-45-44(49)63-38-39-6-2-1-3-7-39/h1-9H,10-38H2,(H,45,49). The summed E-state index contributed by atoms with van der Waals surface area (Å²) >= 11 is 0. The summed E-state index contributed by atoms with van der Waals surface area (Å²) in [5.74, 6) is -0.566. The molecular weight excluding hydrogens is 828 g/mol. The van der Waals surface area contributed by atoms with E-state index < -0.39 is 6.09 Å². The summed E-state index contributed by atoms with van der Waals surface area (Å²) in [5, 5.41) is 2.64. The normalized spacial score (nSPS) is 12.3. The predicted octanol–water partition coefficient (Wildman–Crippen LogP) is 2.42. The molecule has 1 heterocycles. The number of hydrogen-bond acceptors (Lipinski definition) is 17. The van der Waals surface area contributed by atoms with Crippen LogP contribution >= 0.6 is 0 Å². The van der Waals surface area contributed by atoms with Crippen molar-refractivity contribution < 1.29 is 80.7 Å². The van der Waals surface area contributed by atoms with E-state index in [0.717, 1.165) is 5.56 Å². The summed E-state index contributed by atoms with van der Waals surface area (Å²) in [7, 11) is 0. The molecule has 0 saturated carbocycles. The molecule has 0 saturated heterocycles. The number of benzene rings is 2. The lowest BCUT2D eigenvalue weighted by Gasteiger charge is -2.13. The second-order valence-corrected chi connectivity index (χ2v) is 13.3. The summed E-state index contributed by atoms with van der Waals surface area (Å²) in [6.07, 6.45) is -0.476. The minimum atomic E-state index is -0.476. The van der Waals surface area contributed by atoms with Gasteiger partial charge in [-0.1, -0.05) is 42.5 Å². The molecule has 0 bridgehead atoms. The zero-order valence-electron chi connectivity index (χ0n) is 36.6. The smallest absolute Gasteiger partial charge is 0.407 e. The summed E-state index contributed by atoms with van der Waals surface area (Å²) in [6, 6.07) is 16.3. The fraction of sp³-hybridized carbons (Fsp3) is 0.659. The van der Waals surface area contributed by atoms with E-state index in [2.05, 4.69) is 5.32 Å². The number of amides is 3. The highest BCUT2D eigenvalue weighted by Gasteiger charge is 2.34. The lowest BCUT2D eigenvalue weighted by atomic mass is 10.1. The molecule has 1 aliphatic heterocycles. The Hall–Kier alpha value is -3.67. The summed E-state index contributed by atoms with van der Waals surface area (Å²) in [4.78, 5) is 37.5. The van der Waals surface area contributed by atoms with E-state index in [9.17, 15) is 14.4 Å². The molecule has 1 N–H and O–H groups in total. The highest BCUT2D eigenvalue weighted by molar-refractivity contribution is 6.21. The summed E-state index contributed by atoms with van der Waals surface area (Å²) < 4.78 is 76.4. The van der Waals surface area contributed by atoms with Gasteiger partial charge < -0.3 is 71.6 Å².